The molecule has 1 aromatic rings. The van der Waals surface area contributed by atoms with E-state index in [1.165, 1.54) is 5.56 Å². The van der Waals surface area contributed by atoms with E-state index in [0.717, 1.165) is 0 Å². The van der Waals surface area contributed by atoms with Crippen LogP contribution >= 0.6 is 0 Å². The lowest BCUT2D eigenvalue weighted by Crippen LogP contribution is -2.62. The number of fused-ring (bicyclic) bond motifs is 1. The predicted molar refractivity (Wildman–Crippen MR) is 76.2 cm³/mol. The summed E-state index contributed by atoms with van der Waals surface area (Å²) in [7, 11) is 0. The molecule has 112 valence electrons. The molecule has 2 heterocycles. The fourth-order valence-electron chi connectivity index (χ4n) is 2.99. The molecule has 3 atom stereocenters. The number of aliphatic hydroxyl groups excluding tert-OH is 1. The van der Waals surface area contributed by atoms with E-state index >= 15 is 0 Å². The van der Waals surface area contributed by atoms with Crippen LogP contribution < -0.4 is 10.6 Å². The van der Waals surface area contributed by atoms with Crippen LogP contribution in [-0.2, 0) is 16.1 Å². The normalized spacial score (nSPS) is 28.4. The summed E-state index contributed by atoms with van der Waals surface area (Å²) in [4.78, 5) is 25.7. The van der Waals surface area contributed by atoms with E-state index < -0.39 is 12.1 Å². The van der Waals surface area contributed by atoms with Gasteiger partial charge in [-0.1, -0.05) is 30.3 Å². The van der Waals surface area contributed by atoms with Gasteiger partial charge >= 0.3 is 0 Å². The second-order valence-electron chi connectivity index (χ2n) is 5.55. The van der Waals surface area contributed by atoms with Gasteiger partial charge in [0, 0.05) is 19.1 Å². The average Bonchev–Trinajstić information content (AvgIpc) is 2.95. The number of nitrogens with zero attached hydrogens (tertiary/aromatic N) is 1. The molecule has 21 heavy (non-hydrogen) atoms. The van der Waals surface area contributed by atoms with Gasteiger partial charge in [0.2, 0.25) is 11.8 Å². The number of aliphatic hydroxyl groups is 1. The largest absolute Gasteiger partial charge is 0.394 e. The molecule has 2 amide bonds. The maximum atomic E-state index is 12.1. The number of benzene rings is 1. The molecule has 3 N–H and O–H groups in total. The highest BCUT2D eigenvalue weighted by Crippen LogP contribution is 2.22. The topological polar surface area (TPSA) is 81.7 Å². The van der Waals surface area contributed by atoms with Crippen LogP contribution in [0.15, 0.2) is 30.3 Å². The molecule has 3 rings (SSSR count). The Bertz CT molecular complexity index is 534. The van der Waals surface area contributed by atoms with Gasteiger partial charge in [0.1, 0.15) is 12.1 Å². The Morgan fingerprint density at radius 1 is 1.29 bits per heavy atom. The third-order valence-electron chi connectivity index (χ3n) is 4.12. The summed E-state index contributed by atoms with van der Waals surface area (Å²) in [5, 5.41) is 15.1. The fraction of sp³-hybridized carbons (Fsp3) is 0.467. The molecule has 0 unspecified atom stereocenters. The zero-order valence-corrected chi connectivity index (χ0v) is 11.7. The van der Waals surface area contributed by atoms with Gasteiger partial charge in [-0.2, -0.15) is 0 Å². The second kappa shape index (κ2) is 5.83. The molecular formula is C15H19N3O3. The van der Waals surface area contributed by atoms with Gasteiger partial charge in [-0.05, 0) is 12.0 Å². The minimum absolute atomic E-state index is 0.0994. The number of carbonyl (C=O) groups excluding carboxylic acids is 2. The van der Waals surface area contributed by atoms with Crippen LogP contribution in [0.4, 0.5) is 0 Å². The monoisotopic (exact) mass is 289 g/mol. The quantitative estimate of drug-likeness (QED) is 0.680. The molecule has 1 aromatic carbocycles. The van der Waals surface area contributed by atoms with E-state index in [-0.39, 0.29) is 24.5 Å². The Hall–Kier alpha value is -1.92. The standard InChI is InChI=1S/C15H19N3O3/c19-9-12-15(21)18-8-11(6-13(18)14(20)17-12)16-7-10-4-2-1-3-5-10/h1-5,11-13,16,19H,6-9H2,(H,17,20)/t11-,12+,13-/m0/s1. The van der Waals surface area contributed by atoms with E-state index in [2.05, 4.69) is 10.6 Å². The molecule has 6 nitrogen and oxygen atoms in total. The Balaban J connectivity index is 1.61. The number of nitrogens with one attached hydrogen (secondary N) is 2. The van der Waals surface area contributed by atoms with Gasteiger partial charge < -0.3 is 20.6 Å². The molecule has 6 heteroatoms. The van der Waals surface area contributed by atoms with Gasteiger partial charge in [0.25, 0.3) is 0 Å². The SMILES string of the molecule is O=C1N[C@H](CO)C(=O)N2C[C@@H](NCc3ccccc3)C[C@@H]12. The summed E-state index contributed by atoms with van der Waals surface area (Å²) in [5.41, 5.74) is 1.17. The number of hydrogen-bond acceptors (Lipinski definition) is 4. The van der Waals surface area contributed by atoms with Gasteiger partial charge in [-0.15, -0.1) is 0 Å². The number of amides is 2. The maximum Gasteiger partial charge on any atom is 0.248 e. The number of hydrogen-bond donors (Lipinski definition) is 3. The third kappa shape index (κ3) is 2.77. The molecular weight excluding hydrogens is 270 g/mol. The third-order valence-corrected chi connectivity index (χ3v) is 4.12. The average molecular weight is 289 g/mol. The Labute approximate surface area is 123 Å². The first-order valence-electron chi connectivity index (χ1n) is 7.18. The molecule has 2 aliphatic rings. The maximum absolute atomic E-state index is 12.1. The van der Waals surface area contributed by atoms with Crippen molar-refractivity contribution in [2.45, 2.75) is 31.1 Å². The molecule has 0 aliphatic carbocycles. The van der Waals surface area contributed by atoms with E-state index in [4.69, 9.17) is 5.11 Å². The first-order valence-corrected chi connectivity index (χ1v) is 7.18. The van der Waals surface area contributed by atoms with Crippen LogP contribution in [0.5, 0.6) is 0 Å². The molecule has 2 fully saturated rings. The predicted octanol–water partition coefficient (Wildman–Crippen LogP) is -0.764. The van der Waals surface area contributed by atoms with Crippen molar-refractivity contribution in [1.82, 2.24) is 15.5 Å². The van der Waals surface area contributed by atoms with Gasteiger partial charge in [-0.3, -0.25) is 9.59 Å². The number of rotatable bonds is 4. The molecule has 0 radical (unpaired) electrons. The van der Waals surface area contributed by atoms with E-state index in [0.29, 0.717) is 19.5 Å². The first kappa shape index (κ1) is 14.0. The molecule has 0 saturated carbocycles. The molecule has 2 saturated heterocycles. The Morgan fingerprint density at radius 3 is 2.76 bits per heavy atom. The summed E-state index contributed by atoms with van der Waals surface area (Å²) < 4.78 is 0. The van der Waals surface area contributed by atoms with Crippen LogP contribution in [0.1, 0.15) is 12.0 Å². The van der Waals surface area contributed by atoms with Crippen molar-refractivity contribution in [2.24, 2.45) is 0 Å². The lowest BCUT2D eigenvalue weighted by molar-refractivity contribution is -0.148. The van der Waals surface area contributed by atoms with Crippen LogP contribution in [0.3, 0.4) is 0 Å². The van der Waals surface area contributed by atoms with Crippen molar-refractivity contribution in [3.63, 3.8) is 0 Å². The highest BCUT2D eigenvalue weighted by molar-refractivity contribution is 5.97. The zero-order chi connectivity index (χ0) is 14.8. The number of piperazine rings is 1. The van der Waals surface area contributed by atoms with Crippen LogP contribution in [-0.4, -0.2) is 53.1 Å². The van der Waals surface area contributed by atoms with E-state index in [1.54, 1.807) is 4.90 Å². The van der Waals surface area contributed by atoms with Crippen molar-refractivity contribution in [3.05, 3.63) is 35.9 Å². The summed E-state index contributed by atoms with van der Waals surface area (Å²) in [6, 6.07) is 8.91. The van der Waals surface area contributed by atoms with Gasteiger partial charge in [0.15, 0.2) is 0 Å². The molecule has 0 aromatic heterocycles. The van der Waals surface area contributed by atoms with Crippen molar-refractivity contribution in [1.29, 1.82) is 0 Å². The van der Waals surface area contributed by atoms with Crippen LogP contribution in [0.25, 0.3) is 0 Å². The van der Waals surface area contributed by atoms with Gasteiger partial charge in [0.05, 0.1) is 6.61 Å². The van der Waals surface area contributed by atoms with Crippen LogP contribution in [0.2, 0.25) is 0 Å². The summed E-state index contributed by atoms with van der Waals surface area (Å²) >= 11 is 0. The fourth-order valence-corrected chi connectivity index (χ4v) is 2.99. The molecule has 0 spiro atoms. The number of carbonyl (C=O) groups is 2. The highest BCUT2D eigenvalue weighted by atomic mass is 16.3. The highest BCUT2D eigenvalue weighted by Gasteiger charge is 2.45. The second-order valence-corrected chi connectivity index (χ2v) is 5.55. The Kier molecular flexibility index (Phi) is 3.90. The molecule has 0 bridgehead atoms. The van der Waals surface area contributed by atoms with Crippen LogP contribution in [0, 0.1) is 0 Å². The minimum Gasteiger partial charge on any atom is -0.394 e. The lowest BCUT2D eigenvalue weighted by atomic mass is 10.1. The minimum atomic E-state index is -0.790. The molecule has 2 aliphatic heterocycles. The summed E-state index contributed by atoms with van der Waals surface area (Å²) in [6.45, 7) is 0.876. The first-order chi connectivity index (χ1) is 10.2. The van der Waals surface area contributed by atoms with Gasteiger partial charge in [-0.25, -0.2) is 0 Å². The smallest absolute Gasteiger partial charge is 0.248 e. The van der Waals surface area contributed by atoms with E-state index in [9.17, 15) is 9.59 Å². The van der Waals surface area contributed by atoms with Crippen molar-refractivity contribution < 1.29 is 14.7 Å². The van der Waals surface area contributed by atoms with E-state index in [1.807, 2.05) is 30.3 Å². The summed E-state index contributed by atoms with van der Waals surface area (Å²) in [5.74, 6) is -0.358. The van der Waals surface area contributed by atoms with Crippen molar-refractivity contribution in [2.75, 3.05) is 13.2 Å². The van der Waals surface area contributed by atoms with Crippen molar-refractivity contribution >= 4 is 11.8 Å². The zero-order valence-electron chi connectivity index (χ0n) is 11.7. The lowest BCUT2D eigenvalue weighted by Gasteiger charge is -2.33. The summed E-state index contributed by atoms with van der Waals surface area (Å²) in [6.07, 6.45) is 0.614. The Morgan fingerprint density at radius 2 is 2.05 bits per heavy atom. The van der Waals surface area contributed by atoms with Crippen molar-refractivity contribution in [3.8, 4) is 0 Å².